The summed E-state index contributed by atoms with van der Waals surface area (Å²) in [4.78, 5) is 37.1. The molecule has 3 atom stereocenters. The molecule has 0 radical (unpaired) electrons. The van der Waals surface area contributed by atoms with Crippen molar-refractivity contribution in [3.8, 4) is 0 Å². The highest BCUT2D eigenvalue weighted by Gasteiger charge is 2.54. The number of carbonyl (C=O) groups excluding carboxylic acids is 1. The number of carboxylic acids is 3. The maximum absolute atomic E-state index is 12.4. The first-order valence-corrected chi connectivity index (χ1v) is 12.9. The first kappa shape index (κ1) is 31.1. The van der Waals surface area contributed by atoms with Crippen LogP contribution in [0.2, 0.25) is 0 Å². The molecular formula is C26H47NO6. The summed E-state index contributed by atoms with van der Waals surface area (Å²) < 4.78 is -0.518. The smallest absolute Gasteiger partial charge is 0.362 e. The largest absolute Gasteiger partial charge is 0.544 e. The lowest BCUT2D eigenvalue weighted by molar-refractivity contribution is -0.970. The van der Waals surface area contributed by atoms with Crippen LogP contribution in [0.5, 0.6) is 0 Å². The molecule has 0 saturated heterocycles. The van der Waals surface area contributed by atoms with E-state index in [0.29, 0.717) is 19.3 Å². The Morgan fingerprint density at radius 1 is 0.697 bits per heavy atom. The Morgan fingerprint density at radius 2 is 1.15 bits per heavy atom. The van der Waals surface area contributed by atoms with Gasteiger partial charge in [0.05, 0.1) is 12.5 Å². The van der Waals surface area contributed by atoms with Gasteiger partial charge in [-0.25, -0.2) is 9.59 Å². The molecule has 3 unspecified atom stereocenters. The summed E-state index contributed by atoms with van der Waals surface area (Å²) in [6.45, 7) is 7.73. The maximum atomic E-state index is 12.4. The van der Waals surface area contributed by atoms with Crippen LogP contribution in [-0.4, -0.2) is 57.3 Å². The number of quaternary nitrogens is 1. The van der Waals surface area contributed by atoms with Crippen molar-refractivity contribution in [2.75, 3.05) is 6.54 Å². The molecule has 0 spiro atoms. The van der Waals surface area contributed by atoms with Crippen molar-refractivity contribution in [3.63, 3.8) is 0 Å². The van der Waals surface area contributed by atoms with E-state index in [1.165, 1.54) is 25.7 Å². The summed E-state index contributed by atoms with van der Waals surface area (Å²) in [5, 5.41) is 32.6. The summed E-state index contributed by atoms with van der Waals surface area (Å²) in [5.74, 6) is -3.66. The van der Waals surface area contributed by atoms with Crippen LogP contribution in [0.25, 0.3) is 0 Å². The van der Waals surface area contributed by atoms with Crippen LogP contribution in [0.15, 0.2) is 12.2 Å². The lowest BCUT2D eigenvalue weighted by Crippen LogP contribution is -2.73. The van der Waals surface area contributed by atoms with Gasteiger partial charge < -0.3 is 20.1 Å². The minimum absolute atomic E-state index is 0.0580. The summed E-state index contributed by atoms with van der Waals surface area (Å²) in [7, 11) is 0. The van der Waals surface area contributed by atoms with E-state index in [0.717, 1.165) is 19.3 Å². The van der Waals surface area contributed by atoms with Crippen LogP contribution in [0.4, 0.5) is 0 Å². The molecule has 2 N–H and O–H groups in total. The molecule has 0 aliphatic rings. The molecular weight excluding hydrogens is 422 g/mol. The van der Waals surface area contributed by atoms with Crippen LogP contribution in [0.1, 0.15) is 111 Å². The number of hydrogen-bond donors (Lipinski definition) is 2. The van der Waals surface area contributed by atoms with Gasteiger partial charge in [-0.05, 0) is 31.8 Å². The van der Waals surface area contributed by atoms with Gasteiger partial charge in [-0.1, -0.05) is 72.3 Å². The van der Waals surface area contributed by atoms with Crippen molar-refractivity contribution in [3.05, 3.63) is 12.2 Å². The maximum Gasteiger partial charge on any atom is 0.362 e. The van der Waals surface area contributed by atoms with Crippen LogP contribution in [-0.2, 0) is 14.4 Å². The molecule has 0 saturated carbocycles. The average Bonchev–Trinajstić information content (AvgIpc) is 2.76. The molecule has 0 heterocycles. The van der Waals surface area contributed by atoms with Gasteiger partial charge in [0.2, 0.25) is 0 Å². The third-order valence-electron chi connectivity index (χ3n) is 6.58. The Kier molecular flexibility index (Phi) is 16.6. The molecule has 0 aliphatic heterocycles. The molecule has 192 valence electrons. The highest BCUT2D eigenvalue weighted by Crippen LogP contribution is 2.33. The first-order chi connectivity index (χ1) is 15.7. The van der Waals surface area contributed by atoms with E-state index < -0.39 is 40.5 Å². The van der Waals surface area contributed by atoms with Gasteiger partial charge in [0, 0.05) is 19.3 Å². The fraction of sp³-hybridized carbons (Fsp3) is 0.808. The van der Waals surface area contributed by atoms with E-state index in [1.807, 2.05) is 32.9 Å². The predicted octanol–water partition coefficient (Wildman–Crippen LogP) is 4.54. The highest BCUT2D eigenvalue weighted by atomic mass is 16.4. The Morgan fingerprint density at radius 3 is 1.58 bits per heavy atom. The number of nitrogens with zero attached hydrogens (tertiary/aromatic N) is 1. The SMILES string of the molecule is CCCCCCCCC=CC[N+](C(CCC)C(=O)[O-])(C(CCC)C(=O)O)C(CCC)C(=O)O. The molecule has 0 bridgehead atoms. The number of carbonyl (C=O) groups is 3. The molecule has 0 aromatic carbocycles. The van der Waals surface area contributed by atoms with E-state index in [9.17, 15) is 29.7 Å². The lowest BCUT2D eigenvalue weighted by atomic mass is 9.92. The summed E-state index contributed by atoms with van der Waals surface area (Å²) >= 11 is 0. The second-order valence-corrected chi connectivity index (χ2v) is 9.11. The van der Waals surface area contributed by atoms with Crippen LogP contribution in [0.3, 0.4) is 0 Å². The Balaban J connectivity index is 6.15. The Hall–Kier alpha value is -1.89. The average molecular weight is 470 g/mol. The second-order valence-electron chi connectivity index (χ2n) is 9.11. The molecule has 7 nitrogen and oxygen atoms in total. The third kappa shape index (κ3) is 9.86. The van der Waals surface area contributed by atoms with Gasteiger partial charge in [-0.3, -0.25) is 4.48 Å². The van der Waals surface area contributed by atoms with E-state index in [4.69, 9.17) is 0 Å². The molecule has 0 amide bonds. The van der Waals surface area contributed by atoms with Gasteiger partial charge in [-0.15, -0.1) is 0 Å². The number of hydrogen-bond acceptors (Lipinski definition) is 4. The van der Waals surface area contributed by atoms with E-state index in [1.54, 1.807) is 0 Å². The van der Waals surface area contributed by atoms with Crippen molar-refractivity contribution in [2.24, 2.45) is 0 Å². The number of carboxylic acid groups (broad SMARTS) is 3. The molecule has 0 aliphatic carbocycles. The van der Waals surface area contributed by atoms with E-state index in [2.05, 4.69) is 6.92 Å². The third-order valence-corrected chi connectivity index (χ3v) is 6.58. The fourth-order valence-electron chi connectivity index (χ4n) is 4.96. The lowest BCUT2D eigenvalue weighted by Gasteiger charge is -2.51. The van der Waals surface area contributed by atoms with Crippen LogP contribution < -0.4 is 5.11 Å². The minimum atomic E-state index is -1.37. The zero-order valence-corrected chi connectivity index (χ0v) is 21.3. The Bertz CT molecular complexity index is 544. The molecule has 0 aromatic rings. The highest BCUT2D eigenvalue weighted by molar-refractivity contribution is 5.77. The summed E-state index contributed by atoms with van der Waals surface area (Å²) in [6, 6.07) is -3.46. The summed E-state index contributed by atoms with van der Waals surface area (Å²) in [6.07, 6.45) is 13.7. The van der Waals surface area contributed by atoms with Crippen LogP contribution in [0, 0.1) is 0 Å². The minimum Gasteiger partial charge on any atom is -0.544 e. The van der Waals surface area contributed by atoms with E-state index >= 15 is 0 Å². The number of unbranched alkanes of at least 4 members (excludes halogenated alkanes) is 6. The van der Waals surface area contributed by atoms with Crippen molar-refractivity contribution in [1.29, 1.82) is 0 Å². The van der Waals surface area contributed by atoms with Gasteiger partial charge in [0.15, 0.2) is 12.1 Å². The van der Waals surface area contributed by atoms with Crippen molar-refractivity contribution >= 4 is 17.9 Å². The normalized spacial score (nSPS) is 16.2. The van der Waals surface area contributed by atoms with Crippen molar-refractivity contribution in [1.82, 2.24) is 0 Å². The molecule has 0 rings (SSSR count). The first-order valence-electron chi connectivity index (χ1n) is 12.9. The van der Waals surface area contributed by atoms with Crippen molar-refractivity contribution in [2.45, 2.75) is 129 Å². The fourth-order valence-corrected chi connectivity index (χ4v) is 4.96. The molecule has 33 heavy (non-hydrogen) atoms. The molecule has 0 fully saturated rings. The predicted molar refractivity (Wildman–Crippen MR) is 129 cm³/mol. The van der Waals surface area contributed by atoms with Gasteiger partial charge in [-0.2, -0.15) is 0 Å². The van der Waals surface area contributed by atoms with E-state index in [-0.39, 0.29) is 25.8 Å². The molecule has 7 heteroatoms. The van der Waals surface area contributed by atoms with Gasteiger partial charge in [0.1, 0.15) is 6.04 Å². The topological polar surface area (TPSA) is 115 Å². The number of allylic oxidation sites excluding steroid dienone is 1. The monoisotopic (exact) mass is 469 g/mol. The molecule has 0 aromatic heterocycles. The van der Waals surface area contributed by atoms with Gasteiger partial charge in [0.25, 0.3) is 0 Å². The Labute approximate surface area is 200 Å². The second kappa shape index (κ2) is 17.6. The van der Waals surface area contributed by atoms with Crippen LogP contribution >= 0.6 is 0 Å². The quantitative estimate of drug-likeness (QED) is 0.145. The van der Waals surface area contributed by atoms with Gasteiger partial charge >= 0.3 is 11.9 Å². The standard InChI is InChI=1S/C26H47NO6/c1-5-9-10-11-12-13-14-15-16-20-27(21(17-6-2)24(28)29,22(18-7-3)25(30)31)23(19-8-4)26(32)33/h15-16,21-23H,5-14,17-20H2,1-4H3,(H2-,28,29,30,31,32,33). The summed E-state index contributed by atoms with van der Waals surface area (Å²) in [5.41, 5.74) is 0. The van der Waals surface area contributed by atoms with Crippen molar-refractivity contribution < 1.29 is 34.2 Å². The zero-order valence-electron chi connectivity index (χ0n) is 21.3. The number of rotatable bonds is 21. The zero-order chi connectivity index (χ0) is 25.3. The number of aliphatic carboxylic acids is 3.